The molecule has 1 aliphatic heterocycles. The number of amides is 1. The maximum absolute atomic E-state index is 12.2. The second kappa shape index (κ2) is 8.95. The lowest BCUT2D eigenvalue weighted by Gasteiger charge is -2.28. The molecule has 7 heteroatoms. The van der Waals surface area contributed by atoms with Gasteiger partial charge in [0.15, 0.2) is 5.16 Å². The number of morpholine rings is 1. The summed E-state index contributed by atoms with van der Waals surface area (Å²) >= 11 is 1.39. The fraction of sp³-hybridized carbons (Fsp3) is 0.238. The zero-order chi connectivity index (χ0) is 19.2. The monoisotopic (exact) mass is 394 g/mol. The standard InChI is InChI=1S/C21H22N4O2S/c26-20(15-28-21-22-14-19(24-21)16-4-2-1-3-5-16)23-17-6-8-18(9-7-17)25-10-12-27-13-11-25/h1-9,14H,10-13,15H2,(H,22,24)(H,23,26). The van der Waals surface area contributed by atoms with Gasteiger partial charge in [0.05, 0.1) is 30.9 Å². The molecule has 0 unspecified atom stereocenters. The van der Waals surface area contributed by atoms with E-state index < -0.39 is 0 Å². The molecule has 2 aromatic carbocycles. The van der Waals surface area contributed by atoms with Gasteiger partial charge in [-0.1, -0.05) is 42.1 Å². The highest BCUT2D eigenvalue weighted by Crippen LogP contribution is 2.22. The SMILES string of the molecule is O=C(CSc1ncc(-c2ccccc2)[nH]1)Nc1ccc(N2CCOCC2)cc1. The molecule has 0 spiro atoms. The molecule has 0 aliphatic carbocycles. The summed E-state index contributed by atoms with van der Waals surface area (Å²) in [5, 5.41) is 3.67. The van der Waals surface area contributed by atoms with Crippen LogP contribution in [0.1, 0.15) is 0 Å². The molecule has 0 bridgehead atoms. The lowest BCUT2D eigenvalue weighted by atomic mass is 10.2. The molecule has 1 saturated heterocycles. The Kier molecular flexibility index (Phi) is 5.94. The topological polar surface area (TPSA) is 70.2 Å². The van der Waals surface area contributed by atoms with Crippen molar-refractivity contribution >= 4 is 29.0 Å². The first-order valence-electron chi connectivity index (χ1n) is 9.24. The number of ether oxygens (including phenoxy) is 1. The molecule has 0 radical (unpaired) electrons. The molecule has 3 aromatic rings. The number of nitrogens with zero attached hydrogens (tertiary/aromatic N) is 2. The summed E-state index contributed by atoms with van der Waals surface area (Å²) in [6, 6.07) is 17.9. The Balaban J connectivity index is 1.28. The van der Waals surface area contributed by atoms with Crippen LogP contribution in [-0.2, 0) is 9.53 Å². The fourth-order valence-corrected chi connectivity index (χ4v) is 3.70. The Morgan fingerprint density at radius 1 is 1.11 bits per heavy atom. The van der Waals surface area contributed by atoms with Crippen molar-refractivity contribution in [3.63, 3.8) is 0 Å². The van der Waals surface area contributed by atoms with Crippen molar-refractivity contribution in [3.05, 3.63) is 60.8 Å². The quantitative estimate of drug-likeness (QED) is 0.625. The van der Waals surface area contributed by atoms with E-state index >= 15 is 0 Å². The van der Waals surface area contributed by atoms with E-state index in [0.29, 0.717) is 5.75 Å². The van der Waals surface area contributed by atoms with E-state index in [1.807, 2.05) is 54.6 Å². The highest BCUT2D eigenvalue weighted by atomic mass is 32.2. The molecule has 2 N–H and O–H groups in total. The smallest absolute Gasteiger partial charge is 0.234 e. The van der Waals surface area contributed by atoms with Crippen molar-refractivity contribution in [1.82, 2.24) is 9.97 Å². The number of nitrogens with one attached hydrogen (secondary N) is 2. The van der Waals surface area contributed by atoms with Crippen LogP contribution in [0.3, 0.4) is 0 Å². The minimum Gasteiger partial charge on any atom is -0.378 e. The van der Waals surface area contributed by atoms with Crippen LogP contribution in [0.4, 0.5) is 11.4 Å². The highest BCUT2D eigenvalue weighted by Gasteiger charge is 2.11. The Labute approximate surface area is 168 Å². The van der Waals surface area contributed by atoms with E-state index in [1.165, 1.54) is 11.8 Å². The zero-order valence-corrected chi connectivity index (χ0v) is 16.2. The van der Waals surface area contributed by atoms with Gasteiger partial charge in [-0.25, -0.2) is 4.98 Å². The minimum absolute atomic E-state index is 0.0539. The number of thioether (sulfide) groups is 1. The van der Waals surface area contributed by atoms with Crippen LogP contribution in [0.25, 0.3) is 11.3 Å². The fourth-order valence-electron chi connectivity index (χ4n) is 3.05. The van der Waals surface area contributed by atoms with E-state index in [2.05, 4.69) is 20.2 Å². The lowest BCUT2D eigenvalue weighted by Crippen LogP contribution is -2.36. The first-order chi connectivity index (χ1) is 13.8. The number of carbonyl (C=O) groups excluding carboxylic acids is 1. The van der Waals surface area contributed by atoms with Gasteiger partial charge in [0.2, 0.25) is 5.91 Å². The van der Waals surface area contributed by atoms with Crippen LogP contribution >= 0.6 is 11.8 Å². The molecule has 28 heavy (non-hydrogen) atoms. The van der Waals surface area contributed by atoms with E-state index in [-0.39, 0.29) is 5.91 Å². The van der Waals surface area contributed by atoms with Crippen molar-refractivity contribution in [1.29, 1.82) is 0 Å². The molecule has 1 aromatic heterocycles. The van der Waals surface area contributed by atoms with Crippen molar-refractivity contribution < 1.29 is 9.53 Å². The second-order valence-electron chi connectivity index (χ2n) is 6.45. The summed E-state index contributed by atoms with van der Waals surface area (Å²) in [5.74, 6) is 0.245. The van der Waals surface area contributed by atoms with Gasteiger partial charge >= 0.3 is 0 Å². The van der Waals surface area contributed by atoms with Crippen LogP contribution < -0.4 is 10.2 Å². The number of aromatic nitrogens is 2. The Morgan fingerprint density at radius 2 is 1.86 bits per heavy atom. The number of imidazole rings is 1. The van der Waals surface area contributed by atoms with E-state index in [4.69, 9.17) is 4.74 Å². The molecule has 6 nitrogen and oxygen atoms in total. The van der Waals surface area contributed by atoms with E-state index in [0.717, 1.165) is 54.1 Å². The summed E-state index contributed by atoms with van der Waals surface area (Å²) in [4.78, 5) is 22.1. The number of anilines is 2. The minimum atomic E-state index is -0.0539. The summed E-state index contributed by atoms with van der Waals surface area (Å²) in [7, 11) is 0. The van der Waals surface area contributed by atoms with E-state index in [1.54, 1.807) is 6.20 Å². The maximum atomic E-state index is 12.2. The number of hydrogen-bond acceptors (Lipinski definition) is 5. The second-order valence-corrected chi connectivity index (χ2v) is 7.42. The first kappa shape index (κ1) is 18.6. The van der Waals surface area contributed by atoms with Gasteiger partial charge in [-0.3, -0.25) is 4.79 Å². The molecule has 0 atom stereocenters. The molecule has 1 aliphatic rings. The Bertz CT molecular complexity index is 906. The number of rotatable bonds is 6. The van der Waals surface area contributed by atoms with Crippen LogP contribution in [-0.4, -0.2) is 47.9 Å². The van der Waals surface area contributed by atoms with Crippen LogP contribution in [0.5, 0.6) is 0 Å². The number of carbonyl (C=O) groups is 1. The summed E-state index contributed by atoms with van der Waals surface area (Å²) < 4.78 is 5.38. The van der Waals surface area contributed by atoms with Gasteiger partial charge in [0.1, 0.15) is 0 Å². The van der Waals surface area contributed by atoms with Crippen molar-refractivity contribution in [2.24, 2.45) is 0 Å². The molecule has 0 saturated carbocycles. The van der Waals surface area contributed by atoms with Gasteiger partial charge in [0, 0.05) is 24.5 Å². The first-order valence-corrected chi connectivity index (χ1v) is 10.2. The number of aromatic amines is 1. The van der Waals surface area contributed by atoms with Crippen molar-refractivity contribution in [2.75, 3.05) is 42.3 Å². The summed E-state index contributed by atoms with van der Waals surface area (Å²) in [6.07, 6.45) is 1.79. The molecular weight excluding hydrogens is 372 g/mol. The van der Waals surface area contributed by atoms with Crippen molar-refractivity contribution in [3.8, 4) is 11.3 Å². The predicted octanol–water partition coefficient (Wildman–Crippen LogP) is 3.64. The van der Waals surface area contributed by atoms with Gasteiger partial charge in [-0.05, 0) is 29.8 Å². The van der Waals surface area contributed by atoms with Gasteiger partial charge in [0.25, 0.3) is 0 Å². The van der Waals surface area contributed by atoms with Crippen LogP contribution in [0, 0.1) is 0 Å². The third-order valence-electron chi connectivity index (χ3n) is 4.50. The third-order valence-corrected chi connectivity index (χ3v) is 5.39. The molecule has 2 heterocycles. The molecule has 144 valence electrons. The Hall–Kier alpha value is -2.77. The Morgan fingerprint density at radius 3 is 2.61 bits per heavy atom. The molecule has 4 rings (SSSR count). The highest BCUT2D eigenvalue weighted by molar-refractivity contribution is 7.99. The number of H-pyrrole nitrogens is 1. The van der Waals surface area contributed by atoms with Crippen molar-refractivity contribution in [2.45, 2.75) is 5.16 Å². The van der Waals surface area contributed by atoms with E-state index in [9.17, 15) is 4.79 Å². The summed E-state index contributed by atoms with van der Waals surface area (Å²) in [6.45, 7) is 3.32. The third kappa shape index (κ3) is 4.74. The lowest BCUT2D eigenvalue weighted by molar-refractivity contribution is -0.113. The normalized spacial score (nSPS) is 14.1. The summed E-state index contributed by atoms with van der Waals surface area (Å²) in [5.41, 5.74) is 3.97. The molecular formula is C21H22N4O2S. The number of hydrogen-bond donors (Lipinski definition) is 2. The van der Waals surface area contributed by atoms with Crippen LogP contribution in [0.2, 0.25) is 0 Å². The van der Waals surface area contributed by atoms with Gasteiger partial charge in [-0.15, -0.1) is 0 Å². The van der Waals surface area contributed by atoms with Gasteiger partial charge in [-0.2, -0.15) is 0 Å². The maximum Gasteiger partial charge on any atom is 0.234 e. The average molecular weight is 395 g/mol. The zero-order valence-electron chi connectivity index (χ0n) is 15.4. The van der Waals surface area contributed by atoms with Gasteiger partial charge < -0.3 is 19.9 Å². The largest absolute Gasteiger partial charge is 0.378 e. The number of benzene rings is 2. The molecule has 1 amide bonds. The average Bonchev–Trinajstić information content (AvgIpc) is 3.23. The van der Waals surface area contributed by atoms with Crippen LogP contribution in [0.15, 0.2) is 66.0 Å². The predicted molar refractivity (Wildman–Crippen MR) is 113 cm³/mol. The molecule has 1 fully saturated rings.